The molecule has 2 aromatic rings. The second-order valence-corrected chi connectivity index (χ2v) is 9.97. The van der Waals surface area contributed by atoms with Crippen LogP contribution < -0.4 is 5.32 Å². The van der Waals surface area contributed by atoms with Gasteiger partial charge in [0.1, 0.15) is 18.1 Å². The van der Waals surface area contributed by atoms with Crippen molar-refractivity contribution in [3.8, 4) is 0 Å². The van der Waals surface area contributed by atoms with E-state index >= 15 is 0 Å². The maximum Gasteiger partial charge on any atom is 0.333 e. The summed E-state index contributed by atoms with van der Waals surface area (Å²) in [7, 11) is 0. The van der Waals surface area contributed by atoms with E-state index in [1.165, 1.54) is 24.3 Å². The van der Waals surface area contributed by atoms with E-state index in [2.05, 4.69) is 11.9 Å². The number of esters is 1. The Morgan fingerprint density at radius 1 is 1.12 bits per heavy atom. The molecule has 0 radical (unpaired) electrons. The third-order valence-electron chi connectivity index (χ3n) is 6.44. The van der Waals surface area contributed by atoms with Crippen LogP contribution in [0.15, 0.2) is 66.7 Å². The lowest BCUT2D eigenvalue weighted by Gasteiger charge is -2.47. The highest BCUT2D eigenvalue weighted by atomic mass is 35.5. The second kappa shape index (κ2) is 14.8. The van der Waals surface area contributed by atoms with Crippen LogP contribution in [-0.2, 0) is 37.1 Å². The fraction of sp³-hybridized carbons (Fsp3) is 0.393. The molecular weight excluding hydrogens is 561 g/mol. The van der Waals surface area contributed by atoms with Gasteiger partial charge in [0, 0.05) is 24.4 Å². The molecule has 0 saturated carbocycles. The largest absolute Gasteiger partial charge is 0.459 e. The van der Waals surface area contributed by atoms with E-state index < -0.39 is 34.4 Å². The molecule has 214 valence electrons. The number of carbonyl (C=O) groups excluding carboxylic acids is 3. The number of carbonyl (C=O) groups is 3. The van der Waals surface area contributed by atoms with Crippen LogP contribution in [0, 0.1) is 10.1 Å². The van der Waals surface area contributed by atoms with Gasteiger partial charge in [0.25, 0.3) is 11.6 Å². The summed E-state index contributed by atoms with van der Waals surface area (Å²) >= 11 is 12.4. The summed E-state index contributed by atoms with van der Waals surface area (Å²) in [6.45, 7) is 5.99. The second-order valence-electron chi connectivity index (χ2n) is 9.25. The van der Waals surface area contributed by atoms with Gasteiger partial charge in [0.05, 0.1) is 17.6 Å². The lowest BCUT2D eigenvalue weighted by Crippen LogP contribution is -2.72. The van der Waals surface area contributed by atoms with Crippen molar-refractivity contribution in [1.82, 2.24) is 10.2 Å². The summed E-state index contributed by atoms with van der Waals surface area (Å²) in [5, 5.41) is 13.5. The van der Waals surface area contributed by atoms with Gasteiger partial charge in [-0.05, 0) is 41.7 Å². The van der Waals surface area contributed by atoms with Gasteiger partial charge in [-0.1, -0.05) is 55.4 Å². The van der Waals surface area contributed by atoms with Crippen molar-refractivity contribution in [2.45, 2.75) is 63.1 Å². The Bertz CT molecular complexity index is 1210. The minimum absolute atomic E-state index is 0.0994. The van der Waals surface area contributed by atoms with Crippen LogP contribution in [-0.4, -0.2) is 57.2 Å². The molecule has 2 aromatic carbocycles. The number of amides is 2. The predicted molar refractivity (Wildman–Crippen MR) is 150 cm³/mol. The van der Waals surface area contributed by atoms with Gasteiger partial charge in [-0.15, -0.1) is 11.6 Å². The number of benzene rings is 2. The average Bonchev–Trinajstić information content (AvgIpc) is 2.97. The molecule has 12 heteroatoms. The van der Waals surface area contributed by atoms with E-state index in [1.54, 1.807) is 0 Å². The van der Waals surface area contributed by atoms with Gasteiger partial charge in [-0.3, -0.25) is 19.7 Å². The maximum absolute atomic E-state index is 12.9. The highest BCUT2D eigenvalue weighted by molar-refractivity contribution is 6.27. The lowest BCUT2D eigenvalue weighted by atomic mass is 9.99. The summed E-state index contributed by atoms with van der Waals surface area (Å²) < 4.78 is 11.2. The van der Waals surface area contributed by atoms with Crippen LogP contribution in [0.1, 0.15) is 37.3 Å². The molecular formula is C28H31Cl2N3O7. The first-order valence-electron chi connectivity index (χ1n) is 12.7. The van der Waals surface area contributed by atoms with Gasteiger partial charge in [-0.25, -0.2) is 4.79 Å². The van der Waals surface area contributed by atoms with Crippen molar-refractivity contribution in [3.05, 3.63) is 88.0 Å². The number of β-lactam (4-membered cyclic amide) rings is 1. The average molecular weight is 592 g/mol. The Morgan fingerprint density at radius 3 is 2.35 bits per heavy atom. The van der Waals surface area contributed by atoms with E-state index in [0.717, 1.165) is 16.9 Å². The number of nitrogens with one attached hydrogen (secondary N) is 1. The molecule has 1 fully saturated rings. The third kappa shape index (κ3) is 8.03. The minimum atomic E-state index is -1.26. The van der Waals surface area contributed by atoms with Crippen molar-refractivity contribution in [2.24, 2.45) is 0 Å². The van der Waals surface area contributed by atoms with Crippen molar-refractivity contribution < 1.29 is 28.8 Å². The first-order chi connectivity index (χ1) is 19.2. The van der Waals surface area contributed by atoms with E-state index in [1.807, 2.05) is 37.3 Å². The number of likely N-dealkylation sites (tertiary alicyclic amines) is 1. The van der Waals surface area contributed by atoms with Crippen molar-refractivity contribution in [1.29, 1.82) is 0 Å². The molecule has 1 aliphatic heterocycles. The number of alkyl halides is 2. The highest BCUT2D eigenvalue weighted by Crippen LogP contribution is 2.30. The Kier molecular flexibility index (Phi) is 11.5. The van der Waals surface area contributed by atoms with E-state index in [4.69, 9.17) is 32.7 Å². The molecule has 0 aromatic heterocycles. The van der Waals surface area contributed by atoms with Gasteiger partial charge in [0.15, 0.2) is 6.04 Å². The predicted octanol–water partition coefficient (Wildman–Crippen LogP) is 4.47. The van der Waals surface area contributed by atoms with Crippen LogP contribution in [0.4, 0.5) is 5.69 Å². The Labute approximate surface area is 242 Å². The molecule has 10 nitrogen and oxygen atoms in total. The summed E-state index contributed by atoms with van der Waals surface area (Å²) in [4.78, 5) is 49.8. The zero-order chi connectivity index (χ0) is 29.2. The number of nitro groups is 1. The SMILES string of the molecule is C=C(CCl)C(C(=O)OCc1ccc([N+](=O)[O-])cc1)N1C(=O)C(NC(=O)CCC(CC)OCc2ccccc2)C1Cl. The zero-order valence-corrected chi connectivity index (χ0v) is 23.5. The van der Waals surface area contributed by atoms with Crippen LogP contribution >= 0.6 is 23.2 Å². The molecule has 0 spiro atoms. The Hall–Kier alpha value is -3.47. The third-order valence-corrected chi connectivity index (χ3v) is 7.25. The lowest BCUT2D eigenvalue weighted by molar-refractivity contribution is -0.384. The monoisotopic (exact) mass is 591 g/mol. The summed E-state index contributed by atoms with van der Waals surface area (Å²) in [5.74, 6) is -1.87. The molecule has 2 amide bonds. The number of nitro benzene ring substituents is 1. The summed E-state index contributed by atoms with van der Waals surface area (Å²) in [6.07, 6.45) is 1.19. The van der Waals surface area contributed by atoms with Crippen LogP contribution in [0.3, 0.4) is 0 Å². The minimum Gasteiger partial charge on any atom is -0.459 e. The Morgan fingerprint density at radius 2 is 1.77 bits per heavy atom. The number of rotatable bonds is 15. The van der Waals surface area contributed by atoms with Crippen molar-refractivity contribution >= 4 is 46.7 Å². The standard InChI is InChI=1S/C28H31Cl2N3O7/c1-3-22(39-16-19-7-5-4-6-8-19)13-14-23(34)31-24-26(30)32(27(24)35)25(18(2)15-29)28(36)40-17-20-9-11-21(12-10-20)33(37)38/h4-12,22,24-26H,2-3,13-17H2,1H3,(H,31,34). The molecule has 4 unspecified atom stereocenters. The number of non-ortho nitro benzene ring substituents is 1. The topological polar surface area (TPSA) is 128 Å². The molecule has 40 heavy (non-hydrogen) atoms. The van der Waals surface area contributed by atoms with Crippen molar-refractivity contribution in [2.75, 3.05) is 5.88 Å². The molecule has 3 rings (SSSR count). The van der Waals surface area contributed by atoms with E-state index in [0.29, 0.717) is 18.6 Å². The number of hydrogen-bond acceptors (Lipinski definition) is 7. The molecule has 0 aliphatic carbocycles. The number of ether oxygens (including phenoxy) is 2. The molecule has 4 atom stereocenters. The fourth-order valence-corrected chi connectivity index (χ4v) is 4.63. The first kappa shape index (κ1) is 31.1. The number of hydrogen-bond donors (Lipinski definition) is 1. The molecule has 1 heterocycles. The smallest absolute Gasteiger partial charge is 0.333 e. The highest BCUT2D eigenvalue weighted by Gasteiger charge is 2.53. The van der Waals surface area contributed by atoms with Gasteiger partial charge >= 0.3 is 5.97 Å². The molecule has 0 bridgehead atoms. The fourth-order valence-electron chi connectivity index (χ4n) is 4.11. The van der Waals surface area contributed by atoms with Gasteiger partial charge in [0.2, 0.25) is 5.91 Å². The van der Waals surface area contributed by atoms with Crippen LogP contribution in [0.25, 0.3) is 0 Å². The normalized spacial score (nSPS) is 17.9. The Balaban J connectivity index is 1.52. The molecule has 1 aliphatic rings. The van der Waals surface area contributed by atoms with Crippen LogP contribution in [0.5, 0.6) is 0 Å². The van der Waals surface area contributed by atoms with Gasteiger partial charge in [-0.2, -0.15) is 0 Å². The van der Waals surface area contributed by atoms with E-state index in [9.17, 15) is 24.5 Å². The maximum atomic E-state index is 12.9. The van der Waals surface area contributed by atoms with Crippen molar-refractivity contribution in [3.63, 3.8) is 0 Å². The molecule has 1 saturated heterocycles. The number of halogens is 2. The zero-order valence-electron chi connectivity index (χ0n) is 22.0. The first-order valence-corrected chi connectivity index (χ1v) is 13.7. The summed E-state index contributed by atoms with van der Waals surface area (Å²) in [6, 6.07) is 12.9. The van der Waals surface area contributed by atoms with E-state index in [-0.39, 0.29) is 42.2 Å². The van der Waals surface area contributed by atoms with Gasteiger partial charge < -0.3 is 19.7 Å². The summed E-state index contributed by atoms with van der Waals surface area (Å²) in [5.41, 5.74) is 0.618. The molecule has 1 N–H and O–H groups in total. The van der Waals surface area contributed by atoms with Crippen LogP contribution in [0.2, 0.25) is 0 Å². The quantitative estimate of drug-likeness (QED) is 0.0615. The number of nitrogens with zero attached hydrogens (tertiary/aromatic N) is 2.